The van der Waals surface area contributed by atoms with Crippen molar-refractivity contribution in [2.24, 2.45) is 0 Å². The fraction of sp³-hybridized carbons (Fsp3) is 0.692. The molecule has 0 radical (unpaired) electrons. The van der Waals surface area contributed by atoms with Crippen molar-refractivity contribution in [2.45, 2.75) is 39.7 Å². The molecule has 2 heterocycles. The van der Waals surface area contributed by atoms with Gasteiger partial charge >= 0.3 is 0 Å². The number of hydrogen-bond donors (Lipinski definition) is 1. The van der Waals surface area contributed by atoms with Crippen molar-refractivity contribution in [3.05, 3.63) is 17.0 Å². The van der Waals surface area contributed by atoms with Crippen LogP contribution in [0.5, 0.6) is 0 Å². The van der Waals surface area contributed by atoms with Crippen molar-refractivity contribution in [2.75, 3.05) is 19.6 Å². The van der Waals surface area contributed by atoms with Gasteiger partial charge in [0.25, 0.3) is 5.91 Å². The minimum atomic E-state index is 0.0613. The molecule has 5 nitrogen and oxygen atoms in total. The zero-order chi connectivity index (χ0) is 13.1. The van der Waals surface area contributed by atoms with E-state index in [9.17, 15) is 4.79 Å². The average Bonchev–Trinajstić information content (AvgIpc) is 2.69. The van der Waals surface area contributed by atoms with E-state index in [-0.39, 0.29) is 11.9 Å². The number of rotatable bonds is 3. The molecule has 1 amide bonds. The topological polar surface area (TPSA) is 58.4 Å². The highest BCUT2D eigenvalue weighted by Gasteiger charge is 2.30. The van der Waals surface area contributed by atoms with E-state index in [1.54, 1.807) is 6.92 Å². The molecule has 1 aromatic heterocycles. The van der Waals surface area contributed by atoms with Crippen LogP contribution in [-0.2, 0) is 0 Å². The molecule has 1 atom stereocenters. The van der Waals surface area contributed by atoms with Gasteiger partial charge in [0.2, 0.25) is 0 Å². The molecule has 2 rings (SSSR count). The highest BCUT2D eigenvalue weighted by molar-refractivity contribution is 5.96. The maximum absolute atomic E-state index is 12.6. The lowest BCUT2D eigenvalue weighted by Gasteiger charge is -2.36. The van der Waals surface area contributed by atoms with Crippen molar-refractivity contribution in [3.8, 4) is 0 Å². The maximum atomic E-state index is 12.6. The number of amides is 1. The van der Waals surface area contributed by atoms with E-state index < -0.39 is 0 Å². The number of aromatic nitrogens is 1. The highest BCUT2D eigenvalue weighted by Crippen LogP contribution is 2.19. The minimum Gasteiger partial charge on any atom is -0.361 e. The van der Waals surface area contributed by atoms with E-state index in [1.807, 2.05) is 11.8 Å². The summed E-state index contributed by atoms with van der Waals surface area (Å²) >= 11 is 0. The van der Waals surface area contributed by atoms with Crippen LogP contribution in [0.1, 0.15) is 41.6 Å². The van der Waals surface area contributed by atoms with Crippen LogP contribution >= 0.6 is 0 Å². The zero-order valence-corrected chi connectivity index (χ0v) is 11.3. The van der Waals surface area contributed by atoms with Crippen molar-refractivity contribution in [1.29, 1.82) is 0 Å². The molecule has 5 heteroatoms. The first kappa shape index (κ1) is 13.1. The molecule has 1 saturated heterocycles. The second-order valence-corrected chi connectivity index (χ2v) is 4.84. The quantitative estimate of drug-likeness (QED) is 0.884. The first-order chi connectivity index (χ1) is 8.65. The van der Waals surface area contributed by atoms with Gasteiger partial charge < -0.3 is 14.7 Å². The first-order valence-electron chi connectivity index (χ1n) is 6.59. The molecule has 1 N–H and O–H groups in total. The lowest BCUT2D eigenvalue weighted by Crippen LogP contribution is -2.53. The molecular weight excluding hydrogens is 230 g/mol. The fourth-order valence-electron chi connectivity index (χ4n) is 2.55. The van der Waals surface area contributed by atoms with Gasteiger partial charge in [0.05, 0.1) is 5.69 Å². The predicted molar refractivity (Wildman–Crippen MR) is 68.6 cm³/mol. The summed E-state index contributed by atoms with van der Waals surface area (Å²) in [5.41, 5.74) is 1.32. The van der Waals surface area contributed by atoms with E-state index in [0.717, 1.165) is 32.5 Å². The molecule has 0 spiro atoms. The fourth-order valence-corrected chi connectivity index (χ4v) is 2.55. The Bertz CT molecular complexity index is 406. The number of aryl methyl sites for hydroxylation is 2. The minimum absolute atomic E-state index is 0.0613. The average molecular weight is 251 g/mol. The molecule has 0 aliphatic carbocycles. The SMILES string of the molecule is CCCC1CNCCN1C(=O)c1c(C)noc1C. The van der Waals surface area contributed by atoms with Crippen LogP contribution in [-0.4, -0.2) is 41.6 Å². The van der Waals surface area contributed by atoms with Crippen LogP contribution in [0.15, 0.2) is 4.52 Å². The maximum Gasteiger partial charge on any atom is 0.259 e. The molecule has 1 aromatic rings. The summed E-state index contributed by atoms with van der Waals surface area (Å²) < 4.78 is 5.09. The van der Waals surface area contributed by atoms with Gasteiger partial charge in [-0.15, -0.1) is 0 Å². The van der Waals surface area contributed by atoms with Gasteiger partial charge in [-0.25, -0.2) is 0 Å². The first-order valence-corrected chi connectivity index (χ1v) is 6.59. The summed E-state index contributed by atoms with van der Waals surface area (Å²) in [5.74, 6) is 0.678. The van der Waals surface area contributed by atoms with Gasteiger partial charge in [0, 0.05) is 25.7 Å². The molecule has 0 bridgehead atoms. The molecule has 1 unspecified atom stereocenters. The lowest BCUT2D eigenvalue weighted by atomic mass is 10.1. The number of piperazine rings is 1. The Morgan fingerprint density at radius 3 is 2.94 bits per heavy atom. The van der Waals surface area contributed by atoms with E-state index in [1.165, 1.54) is 0 Å². The van der Waals surface area contributed by atoms with Crippen molar-refractivity contribution >= 4 is 5.91 Å². The lowest BCUT2D eigenvalue weighted by molar-refractivity contribution is 0.0622. The Morgan fingerprint density at radius 2 is 2.33 bits per heavy atom. The Labute approximate surface area is 108 Å². The van der Waals surface area contributed by atoms with Crippen LogP contribution < -0.4 is 5.32 Å². The Hall–Kier alpha value is -1.36. The van der Waals surface area contributed by atoms with E-state index >= 15 is 0 Å². The van der Waals surface area contributed by atoms with Crippen LogP contribution in [0.4, 0.5) is 0 Å². The zero-order valence-electron chi connectivity index (χ0n) is 11.3. The Balaban J connectivity index is 2.21. The largest absolute Gasteiger partial charge is 0.361 e. The second kappa shape index (κ2) is 5.52. The van der Waals surface area contributed by atoms with Crippen molar-refractivity contribution in [3.63, 3.8) is 0 Å². The summed E-state index contributed by atoms with van der Waals surface area (Å²) in [4.78, 5) is 14.6. The van der Waals surface area contributed by atoms with Gasteiger partial charge in [0.1, 0.15) is 11.3 Å². The van der Waals surface area contributed by atoms with E-state index in [4.69, 9.17) is 4.52 Å². The number of nitrogens with zero attached hydrogens (tertiary/aromatic N) is 2. The van der Waals surface area contributed by atoms with Gasteiger partial charge in [-0.3, -0.25) is 4.79 Å². The molecule has 1 aliphatic rings. The van der Waals surface area contributed by atoms with Gasteiger partial charge in [0.15, 0.2) is 0 Å². The Kier molecular flexibility index (Phi) is 4.01. The third kappa shape index (κ3) is 2.41. The summed E-state index contributed by atoms with van der Waals surface area (Å²) in [5, 5.41) is 7.21. The summed E-state index contributed by atoms with van der Waals surface area (Å²) in [6.45, 7) is 8.25. The van der Waals surface area contributed by atoms with Gasteiger partial charge in [-0.05, 0) is 20.3 Å². The standard InChI is InChI=1S/C13H21N3O2/c1-4-5-11-8-14-6-7-16(11)13(17)12-9(2)15-18-10(12)3/h11,14H,4-8H2,1-3H3. The van der Waals surface area contributed by atoms with Crippen molar-refractivity contribution in [1.82, 2.24) is 15.4 Å². The molecule has 1 aliphatic heterocycles. The molecular formula is C13H21N3O2. The third-order valence-electron chi connectivity index (χ3n) is 3.48. The van der Waals surface area contributed by atoms with Crippen molar-refractivity contribution < 1.29 is 9.32 Å². The van der Waals surface area contributed by atoms with Gasteiger partial charge in [-0.2, -0.15) is 0 Å². The predicted octanol–water partition coefficient (Wildman–Crippen LogP) is 1.51. The molecule has 1 fully saturated rings. The number of hydrogen-bond acceptors (Lipinski definition) is 4. The number of carbonyl (C=O) groups is 1. The van der Waals surface area contributed by atoms with Crippen LogP contribution in [0, 0.1) is 13.8 Å². The number of nitrogens with one attached hydrogen (secondary N) is 1. The normalized spacial score (nSPS) is 20.2. The molecule has 0 aromatic carbocycles. The van der Waals surface area contributed by atoms with E-state index in [0.29, 0.717) is 17.0 Å². The molecule has 18 heavy (non-hydrogen) atoms. The van der Waals surface area contributed by atoms with Crippen LogP contribution in [0.25, 0.3) is 0 Å². The highest BCUT2D eigenvalue weighted by atomic mass is 16.5. The molecule has 100 valence electrons. The summed E-state index contributed by atoms with van der Waals surface area (Å²) in [6.07, 6.45) is 2.11. The monoisotopic (exact) mass is 251 g/mol. The van der Waals surface area contributed by atoms with Crippen LogP contribution in [0.3, 0.4) is 0 Å². The summed E-state index contributed by atoms with van der Waals surface area (Å²) in [6, 6.07) is 0.282. The second-order valence-electron chi connectivity index (χ2n) is 4.84. The molecule has 0 saturated carbocycles. The smallest absolute Gasteiger partial charge is 0.259 e. The number of carbonyl (C=O) groups excluding carboxylic acids is 1. The Morgan fingerprint density at radius 1 is 1.56 bits per heavy atom. The van der Waals surface area contributed by atoms with Crippen LogP contribution in [0.2, 0.25) is 0 Å². The third-order valence-corrected chi connectivity index (χ3v) is 3.48. The van der Waals surface area contributed by atoms with E-state index in [2.05, 4.69) is 17.4 Å². The van der Waals surface area contributed by atoms with Gasteiger partial charge in [-0.1, -0.05) is 18.5 Å². The summed E-state index contributed by atoms with van der Waals surface area (Å²) in [7, 11) is 0.